The summed E-state index contributed by atoms with van der Waals surface area (Å²) in [5.74, 6) is -3.19. The van der Waals surface area contributed by atoms with Gasteiger partial charge in [0.1, 0.15) is 12.6 Å². The Morgan fingerprint density at radius 3 is 2.79 bits per heavy atom. The standard InChI is InChI=1S/C17H21N3O7S/c1-3-7-27-14(21)9-13(17(23)24)18-15-16(22)19-28(25,26)20(15)10-12-6-4-5-11(2)8-12/h3-6,8,13,15,18H,1,7,9-10H2,2H3,(H,19,22)(H,23,24)/t13-,15+/m0/s1. The number of carboxylic acids is 1. The molecular weight excluding hydrogens is 390 g/mol. The van der Waals surface area contributed by atoms with E-state index < -0.39 is 46.7 Å². The van der Waals surface area contributed by atoms with Crippen LogP contribution in [0.2, 0.25) is 0 Å². The number of hydrogen-bond acceptors (Lipinski definition) is 7. The number of ether oxygens (including phenoxy) is 1. The number of carbonyl (C=O) groups is 3. The van der Waals surface area contributed by atoms with Crippen LogP contribution in [-0.4, -0.2) is 54.5 Å². The predicted octanol–water partition coefficient (Wildman–Crippen LogP) is -0.340. The molecule has 10 nitrogen and oxygen atoms in total. The Balaban J connectivity index is 2.21. The number of amides is 1. The number of hydrogen-bond donors (Lipinski definition) is 3. The van der Waals surface area contributed by atoms with E-state index in [1.54, 1.807) is 18.2 Å². The molecule has 0 aromatic heterocycles. The van der Waals surface area contributed by atoms with Gasteiger partial charge >= 0.3 is 22.1 Å². The molecular formula is C17H21N3O7S. The number of rotatable bonds is 9. The summed E-state index contributed by atoms with van der Waals surface area (Å²) in [6.07, 6.45) is -0.758. The third kappa shape index (κ3) is 5.38. The van der Waals surface area contributed by atoms with Crippen LogP contribution >= 0.6 is 0 Å². The lowest BCUT2D eigenvalue weighted by atomic mass is 10.1. The number of aliphatic carboxylic acids is 1. The first-order valence-electron chi connectivity index (χ1n) is 8.28. The van der Waals surface area contributed by atoms with Crippen molar-refractivity contribution in [3.05, 3.63) is 48.0 Å². The zero-order valence-electron chi connectivity index (χ0n) is 15.1. The van der Waals surface area contributed by atoms with Gasteiger partial charge in [0.15, 0.2) is 6.17 Å². The van der Waals surface area contributed by atoms with Crippen LogP contribution in [0.15, 0.2) is 36.9 Å². The van der Waals surface area contributed by atoms with Gasteiger partial charge in [0.2, 0.25) is 0 Å². The molecule has 1 heterocycles. The van der Waals surface area contributed by atoms with E-state index in [1.165, 1.54) is 6.08 Å². The number of carboxylic acid groups (broad SMARTS) is 1. The van der Waals surface area contributed by atoms with Crippen LogP contribution in [0.5, 0.6) is 0 Å². The smallest absolute Gasteiger partial charge is 0.321 e. The number of esters is 1. The van der Waals surface area contributed by atoms with Crippen molar-refractivity contribution in [1.82, 2.24) is 14.3 Å². The minimum absolute atomic E-state index is 0.0943. The Bertz CT molecular complexity index is 884. The lowest BCUT2D eigenvalue weighted by Gasteiger charge is -2.24. The van der Waals surface area contributed by atoms with Crippen molar-refractivity contribution in [1.29, 1.82) is 0 Å². The number of nitrogens with one attached hydrogen (secondary N) is 2. The molecule has 0 bridgehead atoms. The molecule has 1 fully saturated rings. The average Bonchev–Trinajstić information content (AvgIpc) is 2.81. The summed E-state index contributed by atoms with van der Waals surface area (Å²) in [5.41, 5.74) is 1.51. The van der Waals surface area contributed by atoms with Crippen molar-refractivity contribution in [3.8, 4) is 0 Å². The van der Waals surface area contributed by atoms with Crippen LogP contribution in [0.4, 0.5) is 0 Å². The van der Waals surface area contributed by atoms with E-state index in [0.29, 0.717) is 5.56 Å². The maximum absolute atomic E-state index is 12.3. The third-order valence-electron chi connectivity index (χ3n) is 3.89. The Labute approximate surface area is 162 Å². The van der Waals surface area contributed by atoms with Crippen molar-refractivity contribution in [3.63, 3.8) is 0 Å². The molecule has 1 amide bonds. The van der Waals surface area contributed by atoms with Gasteiger partial charge in [0.05, 0.1) is 6.42 Å². The highest BCUT2D eigenvalue weighted by Crippen LogP contribution is 2.18. The van der Waals surface area contributed by atoms with E-state index in [9.17, 15) is 27.9 Å². The van der Waals surface area contributed by atoms with E-state index in [-0.39, 0.29) is 13.2 Å². The summed E-state index contributed by atoms with van der Waals surface area (Å²) >= 11 is 0. The highest BCUT2D eigenvalue weighted by atomic mass is 32.2. The average molecular weight is 411 g/mol. The summed E-state index contributed by atoms with van der Waals surface area (Å²) < 4.78 is 32.0. The van der Waals surface area contributed by atoms with Gasteiger partial charge in [0.25, 0.3) is 5.91 Å². The van der Waals surface area contributed by atoms with E-state index in [1.807, 2.05) is 17.7 Å². The minimum Gasteiger partial charge on any atom is -0.480 e. The summed E-state index contributed by atoms with van der Waals surface area (Å²) in [4.78, 5) is 35.3. The fourth-order valence-corrected chi connectivity index (χ4v) is 3.86. The first-order chi connectivity index (χ1) is 13.1. The zero-order valence-corrected chi connectivity index (χ0v) is 15.9. The fraction of sp³-hybridized carbons (Fsp3) is 0.353. The van der Waals surface area contributed by atoms with Gasteiger partial charge in [-0.2, -0.15) is 12.7 Å². The molecule has 28 heavy (non-hydrogen) atoms. The van der Waals surface area contributed by atoms with E-state index in [2.05, 4.69) is 11.9 Å². The summed E-state index contributed by atoms with van der Waals surface area (Å²) in [5, 5.41) is 11.8. The van der Waals surface area contributed by atoms with E-state index in [4.69, 9.17) is 4.74 Å². The van der Waals surface area contributed by atoms with Crippen LogP contribution in [-0.2, 0) is 35.9 Å². The first kappa shape index (κ1) is 21.5. The maximum Gasteiger partial charge on any atom is 0.321 e. The molecule has 0 unspecified atom stereocenters. The molecule has 3 N–H and O–H groups in total. The van der Waals surface area contributed by atoms with E-state index >= 15 is 0 Å². The maximum atomic E-state index is 12.3. The fourth-order valence-electron chi connectivity index (χ4n) is 2.62. The molecule has 0 aliphatic carbocycles. The van der Waals surface area contributed by atoms with Gasteiger partial charge in [-0.15, -0.1) is 0 Å². The van der Waals surface area contributed by atoms with Crippen LogP contribution in [0, 0.1) is 6.92 Å². The molecule has 1 aliphatic heterocycles. The molecule has 2 rings (SSSR count). The zero-order chi connectivity index (χ0) is 20.9. The minimum atomic E-state index is -4.16. The van der Waals surface area contributed by atoms with Crippen molar-refractivity contribution >= 4 is 28.1 Å². The van der Waals surface area contributed by atoms with Gasteiger partial charge in [0, 0.05) is 6.54 Å². The molecule has 11 heteroatoms. The summed E-state index contributed by atoms with van der Waals surface area (Å²) in [6.45, 7) is 4.95. The topological polar surface area (TPSA) is 142 Å². The van der Waals surface area contributed by atoms with Crippen molar-refractivity contribution in [2.75, 3.05) is 6.61 Å². The van der Waals surface area contributed by atoms with Gasteiger partial charge < -0.3 is 9.84 Å². The molecule has 0 saturated carbocycles. The largest absolute Gasteiger partial charge is 0.480 e. The second-order valence-electron chi connectivity index (χ2n) is 6.14. The van der Waals surface area contributed by atoms with Crippen LogP contribution in [0.25, 0.3) is 0 Å². The quantitative estimate of drug-likeness (QED) is 0.370. The Morgan fingerprint density at radius 1 is 1.46 bits per heavy atom. The van der Waals surface area contributed by atoms with Crippen LogP contribution in [0.1, 0.15) is 17.5 Å². The van der Waals surface area contributed by atoms with Gasteiger partial charge in [-0.1, -0.05) is 42.5 Å². The summed E-state index contributed by atoms with van der Waals surface area (Å²) in [7, 11) is -4.16. The van der Waals surface area contributed by atoms with Crippen LogP contribution < -0.4 is 10.0 Å². The summed E-state index contributed by atoms with van der Waals surface area (Å²) in [6, 6.07) is 5.47. The number of nitrogens with zero attached hydrogens (tertiary/aromatic N) is 1. The van der Waals surface area contributed by atoms with Crippen LogP contribution in [0.3, 0.4) is 0 Å². The lowest BCUT2D eigenvalue weighted by Crippen LogP contribution is -2.53. The van der Waals surface area contributed by atoms with Gasteiger partial charge in [-0.25, -0.2) is 4.72 Å². The molecule has 1 aromatic rings. The Kier molecular flexibility index (Phi) is 6.89. The van der Waals surface area contributed by atoms with E-state index in [0.717, 1.165) is 9.87 Å². The highest BCUT2D eigenvalue weighted by molar-refractivity contribution is 7.88. The van der Waals surface area contributed by atoms with Gasteiger partial charge in [-0.05, 0) is 12.5 Å². The molecule has 152 valence electrons. The predicted molar refractivity (Wildman–Crippen MR) is 97.9 cm³/mol. The van der Waals surface area contributed by atoms with Crippen molar-refractivity contribution in [2.24, 2.45) is 0 Å². The molecule has 2 atom stereocenters. The monoisotopic (exact) mass is 411 g/mol. The first-order valence-corrected chi connectivity index (χ1v) is 9.72. The second kappa shape index (κ2) is 8.95. The SMILES string of the molecule is C=CCOC(=O)C[C@H](N[C@H]1C(=O)NS(=O)(=O)N1Cc1cccc(C)c1)C(=O)O. The van der Waals surface area contributed by atoms with Gasteiger partial charge in [-0.3, -0.25) is 19.7 Å². The molecule has 0 spiro atoms. The molecule has 0 radical (unpaired) electrons. The molecule has 1 saturated heterocycles. The van der Waals surface area contributed by atoms with Crippen molar-refractivity contribution < 1.29 is 32.6 Å². The number of aryl methyl sites for hydroxylation is 1. The van der Waals surface area contributed by atoms with Crippen molar-refractivity contribution in [2.45, 2.75) is 32.1 Å². The molecule has 1 aliphatic rings. The Hall–Kier alpha value is -2.76. The normalized spacial score (nSPS) is 19.6. The Morgan fingerprint density at radius 2 is 2.18 bits per heavy atom. The molecule has 1 aromatic carbocycles. The third-order valence-corrected chi connectivity index (χ3v) is 5.30. The number of carbonyl (C=O) groups excluding carboxylic acids is 2. The lowest BCUT2D eigenvalue weighted by molar-refractivity contribution is -0.149. The second-order valence-corrected chi connectivity index (χ2v) is 7.76. The number of benzene rings is 1. The highest BCUT2D eigenvalue weighted by Gasteiger charge is 2.45.